The minimum atomic E-state index is -0.456. The molecule has 0 aliphatic heterocycles. The van der Waals surface area contributed by atoms with Crippen LogP contribution in [0.15, 0.2) is 54.6 Å². The van der Waals surface area contributed by atoms with Gasteiger partial charge < -0.3 is 4.90 Å². The summed E-state index contributed by atoms with van der Waals surface area (Å²) in [6, 6.07) is 21.3. The van der Waals surface area contributed by atoms with Crippen LogP contribution in [0.4, 0.5) is 0 Å². The molecule has 2 aromatic rings. The molecule has 2 aromatic carbocycles. The molecular weight excluding hydrogens is 352 g/mol. The fraction of sp³-hybridized carbons (Fsp3) is 0.458. The van der Waals surface area contributed by atoms with Crippen LogP contribution in [0, 0.1) is 17.2 Å². The van der Waals surface area contributed by atoms with Crippen molar-refractivity contribution in [3.05, 3.63) is 70.7 Å². The Morgan fingerprint density at radius 2 is 1.74 bits per heavy atom. The average Bonchev–Trinajstić information content (AvgIpc) is 3.22. The van der Waals surface area contributed by atoms with Crippen LogP contribution in [0.1, 0.15) is 49.7 Å². The number of hydrogen-bond acceptors (Lipinski definition) is 2. The molecule has 1 aliphatic carbocycles. The van der Waals surface area contributed by atoms with Crippen LogP contribution >= 0.6 is 11.6 Å². The SMILES string of the molecule is CN(CCCC(C#N)(c1ccccc1Cl)C1CCCC1)Cc1ccccc1. The van der Waals surface area contributed by atoms with Gasteiger partial charge in [-0.15, -0.1) is 0 Å². The van der Waals surface area contributed by atoms with Crippen LogP contribution < -0.4 is 0 Å². The smallest absolute Gasteiger partial charge is 0.0865 e. The van der Waals surface area contributed by atoms with Crippen LogP contribution in [0.3, 0.4) is 0 Å². The number of hydrogen-bond donors (Lipinski definition) is 0. The molecule has 3 rings (SSSR count). The summed E-state index contributed by atoms with van der Waals surface area (Å²) in [5, 5.41) is 11.0. The summed E-state index contributed by atoms with van der Waals surface area (Å²) in [7, 11) is 2.16. The molecule has 0 spiro atoms. The third-order valence-corrected chi connectivity index (χ3v) is 6.34. The van der Waals surface area contributed by atoms with E-state index in [1.807, 2.05) is 18.2 Å². The van der Waals surface area contributed by atoms with Crippen LogP contribution in [0.2, 0.25) is 5.02 Å². The predicted octanol–water partition coefficient (Wildman–Crippen LogP) is 6.20. The van der Waals surface area contributed by atoms with Crippen molar-refractivity contribution in [2.45, 2.75) is 50.5 Å². The molecule has 142 valence electrons. The Balaban J connectivity index is 1.70. The summed E-state index contributed by atoms with van der Waals surface area (Å²) in [5.41, 5.74) is 1.91. The maximum Gasteiger partial charge on any atom is 0.0865 e. The Morgan fingerprint density at radius 1 is 1.07 bits per heavy atom. The summed E-state index contributed by atoms with van der Waals surface area (Å²) in [5.74, 6) is 0.418. The molecule has 27 heavy (non-hydrogen) atoms. The van der Waals surface area contributed by atoms with Gasteiger partial charge in [0.2, 0.25) is 0 Å². The zero-order valence-corrected chi connectivity index (χ0v) is 17.0. The Morgan fingerprint density at radius 3 is 2.41 bits per heavy atom. The first-order valence-electron chi connectivity index (χ1n) is 10.0. The Bertz CT molecular complexity index is 761. The van der Waals surface area contributed by atoms with Gasteiger partial charge in [0.25, 0.3) is 0 Å². The molecule has 1 fully saturated rings. The van der Waals surface area contributed by atoms with Gasteiger partial charge in [0.05, 0.1) is 11.5 Å². The Hall–Kier alpha value is -1.82. The van der Waals surface area contributed by atoms with E-state index in [4.69, 9.17) is 11.6 Å². The van der Waals surface area contributed by atoms with Crippen molar-refractivity contribution in [1.29, 1.82) is 5.26 Å². The van der Waals surface area contributed by atoms with E-state index >= 15 is 0 Å². The van der Waals surface area contributed by atoms with Crippen molar-refractivity contribution in [1.82, 2.24) is 4.90 Å². The first-order valence-corrected chi connectivity index (χ1v) is 10.4. The second kappa shape index (κ2) is 9.40. The van der Waals surface area contributed by atoms with Gasteiger partial charge in [0.1, 0.15) is 0 Å². The molecule has 1 saturated carbocycles. The van der Waals surface area contributed by atoms with Gasteiger partial charge >= 0.3 is 0 Å². The summed E-state index contributed by atoms with van der Waals surface area (Å²) < 4.78 is 0. The van der Waals surface area contributed by atoms with E-state index in [-0.39, 0.29) is 0 Å². The van der Waals surface area contributed by atoms with Crippen LogP contribution in [-0.2, 0) is 12.0 Å². The van der Waals surface area contributed by atoms with E-state index in [0.717, 1.165) is 49.4 Å². The lowest BCUT2D eigenvalue weighted by Gasteiger charge is -2.34. The molecule has 1 unspecified atom stereocenters. The monoisotopic (exact) mass is 380 g/mol. The van der Waals surface area contributed by atoms with E-state index in [9.17, 15) is 5.26 Å². The van der Waals surface area contributed by atoms with E-state index in [0.29, 0.717) is 5.92 Å². The van der Waals surface area contributed by atoms with Gasteiger partial charge in [-0.3, -0.25) is 0 Å². The first-order chi connectivity index (χ1) is 13.2. The highest BCUT2D eigenvalue weighted by Gasteiger charge is 2.42. The van der Waals surface area contributed by atoms with Crippen molar-refractivity contribution in [3.8, 4) is 6.07 Å². The third kappa shape index (κ3) is 4.72. The summed E-state index contributed by atoms with van der Waals surface area (Å²) in [6.07, 6.45) is 6.60. The van der Waals surface area contributed by atoms with Gasteiger partial charge in [-0.25, -0.2) is 0 Å². The van der Waals surface area contributed by atoms with Crippen molar-refractivity contribution in [2.75, 3.05) is 13.6 Å². The molecule has 2 nitrogen and oxygen atoms in total. The highest BCUT2D eigenvalue weighted by molar-refractivity contribution is 6.31. The van der Waals surface area contributed by atoms with E-state index in [1.165, 1.54) is 18.4 Å². The minimum absolute atomic E-state index is 0.418. The summed E-state index contributed by atoms with van der Waals surface area (Å²) in [6.45, 7) is 1.92. The standard InChI is InChI=1S/C24H29ClN2/c1-27(18-20-10-3-2-4-11-20)17-9-16-24(19-26,21-12-5-6-13-21)22-14-7-8-15-23(22)25/h2-4,7-8,10-11,14-15,21H,5-6,9,12-13,16-18H2,1H3. The molecule has 1 atom stereocenters. The average molecular weight is 381 g/mol. The highest BCUT2D eigenvalue weighted by Crippen LogP contribution is 2.47. The van der Waals surface area contributed by atoms with Gasteiger partial charge in [0.15, 0.2) is 0 Å². The van der Waals surface area contributed by atoms with Gasteiger partial charge in [-0.1, -0.05) is 73.0 Å². The molecule has 3 heteroatoms. The lowest BCUT2D eigenvalue weighted by Crippen LogP contribution is -2.34. The quantitative estimate of drug-likeness (QED) is 0.544. The maximum atomic E-state index is 10.3. The van der Waals surface area contributed by atoms with Gasteiger partial charge in [0, 0.05) is 11.6 Å². The van der Waals surface area contributed by atoms with Crippen molar-refractivity contribution in [2.24, 2.45) is 5.92 Å². The van der Waals surface area contributed by atoms with Crippen LogP contribution in [0.25, 0.3) is 0 Å². The molecule has 0 bridgehead atoms. The van der Waals surface area contributed by atoms with Crippen molar-refractivity contribution >= 4 is 11.6 Å². The number of nitrogens with zero attached hydrogens (tertiary/aromatic N) is 2. The number of halogens is 1. The number of nitriles is 1. The third-order valence-electron chi connectivity index (χ3n) is 6.01. The minimum Gasteiger partial charge on any atom is -0.302 e. The normalized spacial score (nSPS) is 17.0. The summed E-state index contributed by atoms with van der Waals surface area (Å²) in [4.78, 5) is 2.35. The molecule has 0 heterocycles. The second-order valence-electron chi connectivity index (χ2n) is 7.87. The first kappa shape index (κ1) is 19.9. The zero-order valence-electron chi connectivity index (χ0n) is 16.2. The Kier molecular flexibility index (Phi) is 6.94. The van der Waals surface area contributed by atoms with E-state index in [2.05, 4.69) is 54.4 Å². The lowest BCUT2D eigenvalue weighted by molar-refractivity contribution is 0.273. The molecule has 0 amide bonds. The molecule has 1 aliphatic rings. The number of benzene rings is 2. The highest BCUT2D eigenvalue weighted by atomic mass is 35.5. The fourth-order valence-electron chi connectivity index (χ4n) is 4.61. The fourth-order valence-corrected chi connectivity index (χ4v) is 4.91. The molecular formula is C24H29ClN2. The molecule has 0 radical (unpaired) electrons. The largest absolute Gasteiger partial charge is 0.302 e. The lowest BCUT2D eigenvalue weighted by atomic mass is 9.67. The van der Waals surface area contributed by atoms with Gasteiger partial charge in [-0.2, -0.15) is 5.26 Å². The summed E-state index contributed by atoms with van der Waals surface area (Å²) >= 11 is 6.55. The molecule has 0 saturated heterocycles. The Labute approximate surface area is 168 Å². The van der Waals surface area contributed by atoms with Crippen LogP contribution in [-0.4, -0.2) is 18.5 Å². The van der Waals surface area contributed by atoms with Crippen LogP contribution in [0.5, 0.6) is 0 Å². The number of rotatable bonds is 8. The van der Waals surface area contributed by atoms with E-state index < -0.39 is 5.41 Å². The second-order valence-corrected chi connectivity index (χ2v) is 8.28. The van der Waals surface area contributed by atoms with Crippen molar-refractivity contribution < 1.29 is 0 Å². The van der Waals surface area contributed by atoms with Crippen molar-refractivity contribution in [3.63, 3.8) is 0 Å². The predicted molar refractivity (Wildman–Crippen MR) is 113 cm³/mol. The molecule has 0 aromatic heterocycles. The topological polar surface area (TPSA) is 27.0 Å². The molecule has 0 N–H and O–H groups in total. The maximum absolute atomic E-state index is 10.3. The zero-order chi connectivity index (χ0) is 19.1. The van der Waals surface area contributed by atoms with E-state index in [1.54, 1.807) is 0 Å². The van der Waals surface area contributed by atoms with Gasteiger partial charge in [-0.05, 0) is 62.4 Å².